The van der Waals surface area contributed by atoms with Gasteiger partial charge in [0.25, 0.3) is 0 Å². The van der Waals surface area contributed by atoms with Crippen LogP contribution in [-0.2, 0) is 0 Å². The van der Waals surface area contributed by atoms with E-state index in [1.807, 2.05) is 19.9 Å². The second kappa shape index (κ2) is 8.58. The summed E-state index contributed by atoms with van der Waals surface area (Å²) in [6, 6.07) is 0. The van der Waals surface area contributed by atoms with Crippen molar-refractivity contribution < 1.29 is 5.11 Å². The highest BCUT2D eigenvalue weighted by atomic mass is 16.3. The molecule has 96 valence electrons. The number of hydrogen-bond acceptors (Lipinski definition) is 1. The van der Waals surface area contributed by atoms with E-state index in [1.54, 1.807) is 0 Å². The summed E-state index contributed by atoms with van der Waals surface area (Å²) in [6.07, 6.45) is 3.87. The maximum Gasteiger partial charge on any atom is 0.0484 e. The molecule has 0 spiro atoms. The van der Waals surface area contributed by atoms with Gasteiger partial charge in [0, 0.05) is 6.61 Å². The zero-order valence-corrected chi connectivity index (χ0v) is 12.2. The third-order valence-electron chi connectivity index (χ3n) is 3.49. The van der Waals surface area contributed by atoms with Crippen LogP contribution in [0, 0.1) is 17.3 Å². The minimum Gasteiger partial charge on any atom is -0.396 e. The van der Waals surface area contributed by atoms with E-state index >= 15 is 0 Å². The molecular weight excluding hydrogens is 196 g/mol. The van der Waals surface area contributed by atoms with Crippen molar-refractivity contribution in [2.45, 2.75) is 48.5 Å². The first-order chi connectivity index (χ1) is 7.36. The van der Waals surface area contributed by atoms with Gasteiger partial charge in [-0.05, 0) is 24.2 Å². The monoisotopic (exact) mass is 226 g/mol. The van der Waals surface area contributed by atoms with E-state index in [-0.39, 0.29) is 12.0 Å². The Morgan fingerprint density at radius 2 is 1.75 bits per heavy atom. The molecule has 1 N–H and O–H groups in total. The standard InChI is InChI=1S/C13H24O.C2H6/c1-7-8-10(2)11(3)12(4)13(5,6)9-14;1-2/h7-8,11-12,14H,1,9H2,2-6H3;1-2H3/b10-8+;/t11-,12-;/m0./s1. The van der Waals surface area contributed by atoms with Crippen molar-refractivity contribution in [2.24, 2.45) is 17.3 Å². The minimum absolute atomic E-state index is 0.0182. The van der Waals surface area contributed by atoms with Gasteiger partial charge < -0.3 is 5.11 Å². The van der Waals surface area contributed by atoms with Crippen LogP contribution in [0.4, 0.5) is 0 Å². The zero-order chi connectivity index (χ0) is 13.4. The van der Waals surface area contributed by atoms with Crippen molar-refractivity contribution in [1.82, 2.24) is 0 Å². The fraction of sp³-hybridized carbons (Fsp3) is 0.733. The summed E-state index contributed by atoms with van der Waals surface area (Å²) in [4.78, 5) is 0. The average Bonchev–Trinajstić information content (AvgIpc) is 2.30. The Balaban J connectivity index is 0. The Morgan fingerprint density at radius 3 is 2.06 bits per heavy atom. The zero-order valence-electron chi connectivity index (χ0n) is 12.2. The van der Waals surface area contributed by atoms with Crippen molar-refractivity contribution in [3.63, 3.8) is 0 Å². The summed E-state index contributed by atoms with van der Waals surface area (Å²) in [5.74, 6) is 0.943. The molecule has 2 atom stereocenters. The molecule has 0 aromatic rings. The van der Waals surface area contributed by atoms with Crippen LogP contribution < -0.4 is 0 Å². The quantitative estimate of drug-likeness (QED) is 0.687. The summed E-state index contributed by atoms with van der Waals surface area (Å²) >= 11 is 0. The second-order valence-electron chi connectivity index (χ2n) is 4.87. The normalized spacial score (nSPS) is 15.9. The first-order valence-electron chi connectivity index (χ1n) is 6.27. The van der Waals surface area contributed by atoms with Crippen LogP contribution in [0.25, 0.3) is 0 Å². The van der Waals surface area contributed by atoms with Crippen LogP contribution in [0.5, 0.6) is 0 Å². The van der Waals surface area contributed by atoms with E-state index in [2.05, 4.69) is 47.3 Å². The third kappa shape index (κ3) is 5.50. The van der Waals surface area contributed by atoms with E-state index in [4.69, 9.17) is 0 Å². The Morgan fingerprint density at radius 1 is 1.31 bits per heavy atom. The lowest BCUT2D eigenvalue weighted by molar-refractivity contribution is 0.0842. The highest BCUT2D eigenvalue weighted by Crippen LogP contribution is 2.35. The van der Waals surface area contributed by atoms with Gasteiger partial charge >= 0.3 is 0 Å². The summed E-state index contributed by atoms with van der Waals surface area (Å²) in [5, 5.41) is 9.29. The molecule has 0 fully saturated rings. The van der Waals surface area contributed by atoms with E-state index in [0.717, 1.165) is 0 Å². The van der Waals surface area contributed by atoms with Gasteiger partial charge in [0.05, 0.1) is 0 Å². The van der Waals surface area contributed by atoms with Crippen LogP contribution in [0.1, 0.15) is 48.5 Å². The highest BCUT2D eigenvalue weighted by Gasteiger charge is 2.29. The van der Waals surface area contributed by atoms with E-state index < -0.39 is 0 Å². The Bertz CT molecular complexity index is 213. The molecule has 1 nitrogen and oxygen atoms in total. The van der Waals surface area contributed by atoms with Gasteiger partial charge in [0.2, 0.25) is 0 Å². The van der Waals surface area contributed by atoms with Gasteiger partial charge in [0.1, 0.15) is 0 Å². The molecule has 0 bridgehead atoms. The second-order valence-corrected chi connectivity index (χ2v) is 4.87. The van der Waals surface area contributed by atoms with Crippen LogP contribution in [0.2, 0.25) is 0 Å². The first kappa shape index (κ1) is 17.8. The lowest BCUT2D eigenvalue weighted by Gasteiger charge is -2.34. The summed E-state index contributed by atoms with van der Waals surface area (Å²) in [5.41, 5.74) is 1.31. The fourth-order valence-electron chi connectivity index (χ4n) is 1.55. The van der Waals surface area contributed by atoms with Crippen molar-refractivity contribution in [2.75, 3.05) is 6.61 Å². The predicted octanol–water partition coefficient (Wildman–Crippen LogP) is 4.44. The Kier molecular flexibility index (Phi) is 9.55. The van der Waals surface area contributed by atoms with Gasteiger partial charge in [-0.1, -0.05) is 65.8 Å². The van der Waals surface area contributed by atoms with Crippen molar-refractivity contribution >= 4 is 0 Å². The van der Waals surface area contributed by atoms with E-state index in [9.17, 15) is 5.11 Å². The molecular formula is C15H30O. The number of aliphatic hydroxyl groups excluding tert-OH is 1. The van der Waals surface area contributed by atoms with Crippen molar-refractivity contribution in [3.8, 4) is 0 Å². The SMILES string of the molecule is C=C/C=C(\C)[C@H](C)[C@H](C)C(C)(C)CO.CC. The van der Waals surface area contributed by atoms with Gasteiger partial charge in [-0.3, -0.25) is 0 Å². The molecule has 0 saturated heterocycles. The molecule has 1 heteroatoms. The molecule has 0 radical (unpaired) electrons. The molecule has 0 aliphatic rings. The lowest BCUT2D eigenvalue weighted by atomic mass is 9.72. The van der Waals surface area contributed by atoms with Crippen LogP contribution in [0.15, 0.2) is 24.3 Å². The molecule has 0 saturated carbocycles. The Labute approximate surface area is 102 Å². The molecule has 16 heavy (non-hydrogen) atoms. The summed E-state index contributed by atoms with van der Waals surface area (Å²) in [7, 11) is 0. The van der Waals surface area contributed by atoms with Crippen LogP contribution >= 0.6 is 0 Å². The molecule has 0 heterocycles. The van der Waals surface area contributed by atoms with Gasteiger partial charge in [-0.15, -0.1) is 0 Å². The van der Waals surface area contributed by atoms with Gasteiger partial charge in [-0.25, -0.2) is 0 Å². The van der Waals surface area contributed by atoms with E-state index in [0.29, 0.717) is 11.8 Å². The largest absolute Gasteiger partial charge is 0.396 e. The molecule has 0 amide bonds. The molecule has 0 unspecified atom stereocenters. The first-order valence-corrected chi connectivity index (χ1v) is 6.27. The summed E-state index contributed by atoms with van der Waals surface area (Å²) in [6.45, 7) is 18.7. The molecule has 0 aromatic heterocycles. The number of aliphatic hydroxyl groups is 1. The maximum absolute atomic E-state index is 9.29. The third-order valence-corrected chi connectivity index (χ3v) is 3.49. The van der Waals surface area contributed by atoms with Crippen LogP contribution in [0.3, 0.4) is 0 Å². The minimum atomic E-state index is -0.0182. The maximum atomic E-state index is 9.29. The smallest absolute Gasteiger partial charge is 0.0484 e. The van der Waals surface area contributed by atoms with Gasteiger partial charge in [0.15, 0.2) is 0 Å². The predicted molar refractivity (Wildman–Crippen MR) is 74.5 cm³/mol. The fourth-order valence-corrected chi connectivity index (χ4v) is 1.55. The number of rotatable bonds is 5. The van der Waals surface area contributed by atoms with Gasteiger partial charge in [-0.2, -0.15) is 0 Å². The van der Waals surface area contributed by atoms with Crippen molar-refractivity contribution in [1.29, 1.82) is 0 Å². The van der Waals surface area contributed by atoms with Crippen molar-refractivity contribution in [3.05, 3.63) is 24.3 Å². The Hall–Kier alpha value is -0.560. The van der Waals surface area contributed by atoms with E-state index in [1.165, 1.54) is 5.57 Å². The van der Waals surface area contributed by atoms with Crippen LogP contribution in [-0.4, -0.2) is 11.7 Å². The summed E-state index contributed by atoms with van der Waals surface area (Å²) < 4.78 is 0. The topological polar surface area (TPSA) is 20.2 Å². The molecule has 0 aliphatic carbocycles. The molecule has 0 aliphatic heterocycles. The average molecular weight is 226 g/mol. The number of allylic oxidation sites excluding steroid dienone is 3. The molecule has 0 rings (SSSR count). The number of hydrogen-bond donors (Lipinski definition) is 1. The lowest BCUT2D eigenvalue weighted by Crippen LogP contribution is -2.30. The highest BCUT2D eigenvalue weighted by molar-refractivity contribution is 5.11. The molecule has 0 aromatic carbocycles.